The summed E-state index contributed by atoms with van der Waals surface area (Å²) in [6.07, 6.45) is 7.87. The first-order chi connectivity index (χ1) is 10.2. The molecular weight excluding hydrogens is 268 g/mol. The molecule has 0 unspecified atom stereocenters. The van der Waals surface area contributed by atoms with Gasteiger partial charge in [0.1, 0.15) is 0 Å². The van der Waals surface area contributed by atoms with Crippen molar-refractivity contribution < 1.29 is 14.6 Å². The zero-order chi connectivity index (χ0) is 15.1. The van der Waals surface area contributed by atoms with E-state index < -0.39 is 0 Å². The molecule has 5 heteroatoms. The minimum atomic E-state index is -0.182. The number of carbonyl (C=O) groups is 1. The van der Waals surface area contributed by atoms with Crippen molar-refractivity contribution in [1.29, 1.82) is 0 Å². The number of nitrogens with one attached hydrogen (secondary N) is 1. The molecule has 1 amide bonds. The highest BCUT2D eigenvalue weighted by molar-refractivity contribution is 5.67. The van der Waals surface area contributed by atoms with Crippen LogP contribution in [0.5, 0.6) is 0 Å². The second kappa shape index (κ2) is 8.59. The Morgan fingerprint density at radius 1 is 1.19 bits per heavy atom. The topological polar surface area (TPSA) is 61.8 Å². The Hall–Kier alpha value is -0.810. The van der Waals surface area contributed by atoms with Crippen LogP contribution in [-0.2, 0) is 4.74 Å². The molecule has 2 rings (SSSR count). The van der Waals surface area contributed by atoms with E-state index in [1.54, 1.807) is 4.90 Å². The van der Waals surface area contributed by atoms with Gasteiger partial charge in [0, 0.05) is 31.8 Å². The minimum Gasteiger partial charge on any atom is -0.450 e. The van der Waals surface area contributed by atoms with Gasteiger partial charge in [0.15, 0.2) is 0 Å². The summed E-state index contributed by atoms with van der Waals surface area (Å²) in [5.41, 5.74) is 0. The molecule has 2 aliphatic rings. The van der Waals surface area contributed by atoms with Gasteiger partial charge >= 0.3 is 6.09 Å². The van der Waals surface area contributed by atoms with Crippen LogP contribution in [0.3, 0.4) is 0 Å². The quantitative estimate of drug-likeness (QED) is 0.781. The van der Waals surface area contributed by atoms with Gasteiger partial charge < -0.3 is 20.1 Å². The van der Waals surface area contributed by atoms with E-state index in [-0.39, 0.29) is 6.09 Å². The number of nitrogens with zero attached hydrogens (tertiary/aromatic N) is 1. The molecular formula is C16H30N2O3. The monoisotopic (exact) mass is 298 g/mol. The maximum absolute atomic E-state index is 11.7. The van der Waals surface area contributed by atoms with E-state index in [1.165, 1.54) is 25.7 Å². The fraction of sp³-hybridized carbons (Fsp3) is 0.938. The molecule has 1 heterocycles. The Morgan fingerprint density at radius 2 is 1.90 bits per heavy atom. The number of piperidine rings is 1. The number of carbonyl (C=O) groups excluding carboxylic acids is 1. The van der Waals surface area contributed by atoms with Gasteiger partial charge in [-0.15, -0.1) is 0 Å². The third kappa shape index (κ3) is 4.85. The zero-order valence-corrected chi connectivity index (χ0v) is 13.2. The maximum Gasteiger partial charge on any atom is 0.409 e. The summed E-state index contributed by atoms with van der Waals surface area (Å²) >= 11 is 0. The molecule has 0 aromatic carbocycles. The molecule has 0 aromatic heterocycles. The predicted molar refractivity (Wildman–Crippen MR) is 82.2 cm³/mol. The summed E-state index contributed by atoms with van der Waals surface area (Å²) in [6, 6.07) is 0.907. The van der Waals surface area contributed by atoms with Crippen LogP contribution in [0, 0.1) is 5.92 Å². The van der Waals surface area contributed by atoms with E-state index >= 15 is 0 Å². The van der Waals surface area contributed by atoms with Gasteiger partial charge in [-0.1, -0.05) is 19.3 Å². The van der Waals surface area contributed by atoms with Gasteiger partial charge in [0.2, 0.25) is 0 Å². The highest BCUT2D eigenvalue weighted by Crippen LogP contribution is 2.24. The van der Waals surface area contributed by atoms with Gasteiger partial charge in [-0.25, -0.2) is 4.79 Å². The van der Waals surface area contributed by atoms with Crippen molar-refractivity contribution in [3.05, 3.63) is 0 Å². The van der Waals surface area contributed by atoms with Crippen LogP contribution in [0.1, 0.15) is 51.9 Å². The number of aliphatic hydroxyl groups is 1. The van der Waals surface area contributed by atoms with Crippen molar-refractivity contribution in [3.8, 4) is 0 Å². The lowest BCUT2D eigenvalue weighted by Gasteiger charge is -2.35. The van der Waals surface area contributed by atoms with E-state index in [9.17, 15) is 9.90 Å². The molecule has 2 atom stereocenters. The molecule has 1 saturated heterocycles. The highest BCUT2D eigenvalue weighted by Gasteiger charge is 2.28. The van der Waals surface area contributed by atoms with Crippen LogP contribution >= 0.6 is 0 Å². The third-order valence-corrected chi connectivity index (χ3v) is 4.86. The summed E-state index contributed by atoms with van der Waals surface area (Å²) in [7, 11) is 0. The van der Waals surface area contributed by atoms with Gasteiger partial charge in [-0.2, -0.15) is 0 Å². The number of aliphatic hydroxyl groups excluding tert-OH is 1. The van der Waals surface area contributed by atoms with E-state index in [0.29, 0.717) is 31.2 Å². The van der Waals surface area contributed by atoms with E-state index in [1.807, 2.05) is 6.92 Å². The van der Waals surface area contributed by atoms with Gasteiger partial charge in [-0.05, 0) is 38.5 Å². The number of hydrogen-bond donors (Lipinski definition) is 2. The molecule has 1 saturated carbocycles. The largest absolute Gasteiger partial charge is 0.450 e. The van der Waals surface area contributed by atoms with E-state index in [0.717, 1.165) is 32.4 Å². The van der Waals surface area contributed by atoms with Crippen LogP contribution in [0.2, 0.25) is 0 Å². The molecule has 2 fully saturated rings. The molecule has 1 aliphatic carbocycles. The Balaban J connectivity index is 1.78. The van der Waals surface area contributed by atoms with Crippen LogP contribution < -0.4 is 5.32 Å². The Bertz CT molecular complexity index is 317. The lowest BCUT2D eigenvalue weighted by Crippen LogP contribution is -2.50. The molecule has 2 N–H and O–H groups in total. The number of likely N-dealkylation sites (tertiary alicyclic amines) is 1. The maximum atomic E-state index is 11.7. The standard InChI is InChI=1S/C16H30N2O3/c1-2-21-16(20)18-10-8-14(9-11-18)17-15-7-5-3-4-6-13(15)12-19/h13-15,17,19H,2-12H2,1H3/t13-,15+/m1/s1. The number of amides is 1. The lowest BCUT2D eigenvalue weighted by molar-refractivity contribution is 0.0916. The van der Waals surface area contributed by atoms with Gasteiger partial charge in [-0.3, -0.25) is 0 Å². The summed E-state index contributed by atoms with van der Waals surface area (Å²) in [4.78, 5) is 13.5. The van der Waals surface area contributed by atoms with Crippen LogP contribution in [0.25, 0.3) is 0 Å². The normalized spacial score (nSPS) is 28.2. The first-order valence-corrected chi connectivity index (χ1v) is 8.53. The van der Waals surface area contributed by atoms with Gasteiger partial charge in [0.05, 0.1) is 6.61 Å². The fourth-order valence-electron chi connectivity index (χ4n) is 3.57. The van der Waals surface area contributed by atoms with E-state index in [2.05, 4.69) is 5.32 Å². The molecule has 1 aliphatic heterocycles. The van der Waals surface area contributed by atoms with Crippen LogP contribution in [-0.4, -0.2) is 54.5 Å². The highest BCUT2D eigenvalue weighted by atomic mass is 16.6. The average molecular weight is 298 g/mol. The van der Waals surface area contributed by atoms with Crippen molar-refractivity contribution >= 4 is 6.09 Å². The summed E-state index contributed by atoms with van der Waals surface area (Å²) in [5.74, 6) is 0.399. The summed E-state index contributed by atoms with van der Waals surface area (Å²) < 4.78 is 5.05. The molecule has 0 spiro atoms. The minimum absolute atomic E-state index is 0.182. The molecule has 122 valence electrons. The van der Waals surface area contributed by atoms with Crippen molar-refractivity contribution in [2.24, 2.45) is 5.92 Å². The second-order valence-corrected chi connectivity index (χ2v) is 6.31. The van der Waals surface area contributed by atoms with Crippen molar-refractivity contribution in [2.75, 3.05) is 26.3 Å². The lowest BCUT2D eigenvalue weighted by atomic mass is 9.93. The molecule has 5 nitrogen and oxygen atoms in total. The van der Waals surface area contributed by atoms with Crippen molar-refractivity contribution in [1.82, 2.24) is 10.2 Å². The number of rotatable bonds is 4. The molecule has 0 bridgehead atoms. The molecule has 0 radical (unpaired) electrons. The summed E-state index contributed by atoms with van der Waals surface area (Å²) in [6.45, 7) is 4.12. The Morgan fingerprint density at radius 3 is 2.57 bits per heavy atom. The summed E-state index contributed by atoms with van der Waals surface area (Å²) in [5, 5.41) is 13.3. The predicted octanol–water partition coefficient (Wildman–Crippen LogP) is 2.14. The number of ether oxygens (including phenoxy) is 1. The van der Waals surface area contributed by atoms with Crippen molar-refractivity contribution in [2.45, 2.75) is 64.0 Å². The van der Waals surface area contributed by atoms with Crippen LogP contribution in [0.4, 0.5) is 4.79 Å². The smallest absolute Gasteiger partial charge is 0.409 e. The molecule has 0 aromatic rings. The molecule has 21 heavy (non-hydrogen) atoms. The second-order valence-electron chi connectivity index (χ2n) is 6.31. The third-order valence-electron chi connectivity index (χ3n) is 4.86. The van der Waals surface area contributed by atoms with Gasteiger partial charge in [0.25, 0.3) is 0 Å². The Kier molecular flexibility index (Phi) is 6.77. The Labute approximate surface area is 128 Å². The first kappa shape index (κ1) is 16.6. The van der Waals surface area contributed by atoms with E-state index in [4.69, 9.17) is 4.74 Å². The zero-order valence-electron chi connectivity index (χ0n) is 13.2. The number of hydrogen-bond acceptors (Lipinski definition) is 4. The fourth-order valence-corrected chi connectivity index (χ4v) is 3.57. The average Bonchev–Trinajstić information content (AvgIpc) is 2.73. The first-order valence-electron chi connectivity index (χ1n) is 8.53. The van der Waals surface area contributed by atoms with Crippen molar-refractivity contribution in [3.63, 3.8) is 0 Å². The SMILES string of the molecule is CCOC(=O)N1CCC(N[C@H]2CCCCC[C@@H]2CO)CC1. The van der Waals surface area contributed by atoms with Crippen LogP contribution in [0.15, 0.2) is 0 Å².